The number of carbonyl (C=O) groups is 1. The molecule has 0 saturated carbocycles. The Kier molecular flexibility index (Phi) is 4.07. The Bertz CT molecular complexity index is 588. The molecule has 0 amide bonds. The second kappa shape index (κ2) is 5.95. The van der Waals surface area contributed by atoms with Crippen molar-refractivity contribution in [1.82, 2.24) is 15.0 Å². The molecule has 0 saturated heterocycles. The lowest BCUT2D eigenvalue weighted by atomic mass is 10.2. The first kappa shape index (κ1) is 13.0. The molecular weight excluding hydrogens is 242 g/mol. The van der Waals surface area contributed by atoms with Crippen LogP contribution in [0.5, 0.6) is 0 Å². The standard InChI is InChI=1S/C14H15N3O2/c1-3-19-14(18)11(2)9-12-10-15-17(16-12)13-7-5-4-6-8-13/h4-10H,3H2,1-2H3/b11-9+. The van der Waals surface area contributed by atoms with Gasteiger partial charge in [0.1, 0.15) is 5.69 Å². The van der Waals surface area contributed by atoms with E-state index in [0.717, 1.165) is 5.69 Å². The fourth-order valence-electron chi connectivity index (χ4n) is 1.55. The summed E-state index contributed by atoms with van der Waals surface area (Å²) in [6.45, 7) is 3.83. The van der Waals surface area contributed by atoms with Gasteiger partial charge in [-0.3, -0.25) is 0 Å². The maximum atomic E-state index is 11.5. The van der Waals surface area contributed by atoms with Crippen LogP contribution in [0, 0.1) is 0 Å². The molecule has 0 N–H and O–H groups in total. The largest absolute Gasteiger partial charge is 0.463 e. The molecule has 0 aliphatic carbocycles. The Hall–Kier alpha value is -2.43. The zero-order valence-electron chi connectivity index (χ0n) is 10.9. The number of aromatic nitrogens is 3. The maximum Gasteiger partial charge on any atom is 0.333 e. The number of para-hydroxylation sites is 1. The third-order valence-corrected chi connectivity index (χ3v) is 2.46. The zero-order valence-corrected chi connectivity index (χ0v) is 10.9. The minimum absolute atomic E-state index is 0.336. The number of benzene rings is 1. The van der Waals surface area contributed by atoms with Crippen LogP contribution < -0.4 is 0 Å². The smallest absolute Gasteiger partial charge is 0.333 e. The molecule has 0 unspecified atom stereocenters. The molecule has 0 radical (unpaired) electrons. The highest BCUT2D eigenvalue weighted by molar-refractivity contribution is 5.92. The molecule has 2 aromatic rings. The first-order valence-corrected chi connectivity index (χ1v) is 6.04. The molecular formula is C14H15N3O2. The number of nitrogens with zero attached hydrogens (tertiary/aromatic N) is 3. The third-order valence-electron chi connectivity index (χ3n) is 2.46. The molecule has 19 heavy (non-hydrogen) atoms. The van der Waals surface area contributed by atoms with Crippen LogP contribution in [0.15, 0.2) is 42.1 Å². The number of hydrogen-bond acceptors (Lipinski definition) is 4. The summed E-state index contributed by atoms with van der Waals surface area (Å²) in [5.74, 6) is -0.336. The van der Waals surface area contributed by atoms with E-state index in [-0.39, 0.29) is 5.97 Å². The second-order valence-corrected chi connectivity index (χ2v) is 3.94. The van der Waals surface area contributed by atoms with E-state index in [9.17, 15) is 4.79 Å². The van der Waals surface area contributed by atoms with Gasteiger partial charge in [-0.25, -0.2) is 4.79 Å². The first-order chi connectivity index (χ1) is 9.20. The molecule has 5 nitrogen and oxygen atoms in total. The van der Waals surface area contributed by atoms with Crippen molar-refractivity contribution >= 4 is 12.0 Å². The number of carbonyl (C=O) groups excluding carboxylic acids is 1. The molecule has 5 heteroatoms. The van der Waals surface area contributed by atoms with Gasteiger partial charge in [-0.2, -0.15) is 9.90 Å². The molecule has 0 spiro atoms. The Morgan fingerprint density at radius 2 is 2.11 bits per heavy atom. The maximum absolute atomic E-state index is 11.5. The van der Waals surface area contributed by atoms with E-state index < -0.39 is 0 Å². The fraction of sp³-hybridized carbons (Fsp3) is 0.214. The van der Waals surface area contributed by atoms with Crippen LogP contribution in [0.2, 0.25) is 0 Å². The predicted octanol–water partition coefficient (Wildman–Crippen LogP) is 2.23. The minimum atomic E-state index is -0.336. The van der Waals surface area contributed by atoms with Gasteiger partial charge in [0.25, 0.3) is 0 Å². The third kappa shape index (κ3) is 3.28. The van der Waals surface area contributed by atoms with Gasteiger partial charge in [-0.15, -0.1) is 5.10 Å². The number of hydrogen-bond donors (Lipinski definition) is 0. The lowest BCUT2D eigenvalue weighted by Crippen LogP contribution is -2.05. The van der Waals surface area contributed by atoms with Crippen molar-refractivity contribution in [2.75, 3.05) is 6.61 Å². The molecule has 1 aromatic heterocycles. The van der Waals surface area contributed by atoms with Crippen molar-refractivity contribution in [3.8, 4) is 5.69 Å². The minimum Gasteiger partial charge on any atom is -0.463 e. The van der Waals surface area contributed by atoms with Crippen LogP contribution in [0.3, 0.4) is 0 Å². The summed E-state index contributed by atoms with van der Waals surface area (Å²) in [6.07, 6.45) is 3.26. The van der Waals surface area contributed by atoms with Crippen LogP contribution >= 0.6 is 0 Å². The highest BCUT2D eigenvalue weighted by atomic mass is 16.5. The number of ether oxygens (including phenoxy) is 1. The monoisotopic (exact) mass is 257 g/mol. The van der Waals surface area contributed by atoms with Gasteiger partial charge in [0.2, 0.25) is 0 Å². The van der Waals surface area contributed by atoms with E-state index in [1.807, 2.05) is 30.3 Å². The van der Waals surface area contributed by atoms with Crippen LogP contribution in [-0.4, -0.2) is 27.6 Å². The van der Waals surface area contributed by atoms with Crippen molar-refractivity contribution in [2.24, 2.45) is 0 Å². The molecule has 0 fully saturated rings. The average Bonchev–Trinajstić information content (AvgIpc) is 2.88. The quantitative estimate of drug-likeness (QED) is 0.622. The summed E-state index contributed by atoms with van der Waals surface area (Å²) >= 11 is 0. The fourth-order valence-corrected chi connectivity index (χ4v) is 1.55. The van der Waals surface area contributed by atoms with Gasteiger partial charge >= 0.3 is 5.97 Å². The van der Waals surface area contributed by atoms with E-state index in [1.54, 1.807) is 26.1 Å². The van der Waals surface area contributed by atoms with Gasteiger partial charge in [0.05, 0.1) is 18.5 Å². The van der Waals surface area contributed by atoms with Crippen molar-refractivity contribution in [2.45, 2.75) is 13.8 Å². The zero-order chi connectivity index (χ0) is 13.7. The molecule has 98 valence electrons. The van der Waals surface area contributed by atoms with Gasteiger partial charge < -0.3 is 4.74 Å². The topological polar surface area (TPSA) is 57.0 Å². The van der Waals surface area contributed by atoms with Gasteiger partial charge in [0.15, 0.2) is 0 Å². The van der Waals surface area contributed by atoms with Gasteiger partial charge in [-0.1, -0.05) is 18.2 Å². The van der Waals surface area contributed by atoms with E-state index >= 15 is 0 Å². The van der Waals surface area contributed by atoms with Crippen molar-refractivity contribution in [3.63, 3.8) is 0 Å². The van der Waals surface area contributed by atoms with Crippen molar-refractivity contribution < 1.29 is 9.53 Å². The van der Waals surface area contributed by atoms with Crippen LogP contribution in [0.1, 0.15) is 19.5 Å². The van der Waals surface area contributed by atoms with Crippen molar-refractivity contribution in [3.05, 3.63) is 47.8 Å². The summed E-state index contributed by atoms with van der Waals surface area (Å²) in [5, 5.41) is 8.44. The van der Waals surface area contributed by atoms with Gasteiger partial charge in [0, 0.05) is 5.57 Å². The van der Waals surface area contributed by atoms with Crippen LogP contribution in [0.4, 0.5) is 0 Å². The lowest BCUT2D eigenvalue weighted by Gasteiger charge is -2.00. The number of rotatable bonds is 4. The highest BCUT2D eigenvalue weighted by Gasteiger charge is 2.06. The predicted molar refractivity (Wildman–Crippen MR) is 71.6 cm³/mol. The number of esters is 1. The molecule has 0 aliphatic rings. The van der Waals surface area contributed by atoms with Crippen molar-refractivity contribution in [1.29, 1.82) is 0 Å². The Labute approximate surface area is 111 Å². The van der Waals surface area contributed by atoms with Crippen LogP contribution in [0.25, 0.3) is 11.8 Å². The normalized spacial score (nSPS) is 11.4. The Balaban J connectivity index is 2.18. The molecule has 1 aromatic carbocycles. The van der Waals surface area contributed by atoms with Gasteiger partial charge in [-0.05, 0) is 32.1 Å². The van der Waals surface area contributed by atoms with E-state index in [4.69, 9.17) is 4.74 Å². The Morgan fingerprint density at radius 1 is 1.37 bits per heavy atom. The van der Waals surface area contributed by atoms with E-state index in [2.05, 4.69) is 10.2 Å². The van der Waals surface area contributed by atoms with Crippen LogP contribution in [-0.2, 0) is 9.53 Å². The van der Waals surface area contributed by atoms with E-state index in [0.29, 0.717) is 17.9 Å². The lowest BCUT2D eigenvalue weighted by molar-refractivity contribution is -0.138. The molecule has 1 heterocycles. The highest BCUT2D eigenvalue weighted by Crippen LogP contribution is 2.08. The summed E-state index contributed by atoms with van der Waals surface area (Å²) < 4.78 is 4.91. The second-order valence-electron chi connectivity index (χ2n) is 3.94. The SMILES string of the molecule is CCOC(=O)/C(C)=C/c1cnn(-c2ccccc2)n1. The summed E-state index contributed by atoms with van der Waals surface area (Å²) in [4.78, 5) is 13.0. The first-order valence-electron chi connectivity index (χ1n) is 6.04. The molecule has 0 atom stereocenters. The summed E-state index contributed by atoms with van der Waals surface area (Å²) in [7, 11) is 0. The van der Waals surface area contributed by atoms with E-state index in [1.165, 1.54) is 4.80 Å². The Morgan fingerprint density at radius 3 is 2.79 bits per heavy atom. The average molecular weight is 257 g/mol. The summed E-state index contributed by atoms with van der Waals surface area (Å²) in [6, 6.07) is 9.58. The molecule has 0 bridgehead atoms. The summed E-state index contributed by atoms with van der Waals surface area (Å²) in [5.41, 5.74) is 1.99. The molecule has 2 rings (SSSR count). The molecule has 0 aliphatic heterocycles.